The van der Waals surface area contributed by atoms with E-state index in [1.165, 1.54) is 35.6 Å². The van der Waals surface area contributed by atoms with Gasteiger partial charge in [0.25, 0.3) is 5.91 Å². The molecule has 128 valence electrons. The van der Waals surface area contributed by atoms with E-state index in [-0.39, 0.29) is 11.7 Å². The Bertz CT molecular complexity index is 1070. The van der Waals surface area contributed by atoms with Crippen LogP contribution in [0.4, 0.5) is 10.1 Å². The van der Waals surface area contributed by atoms with Crippen LogP contribution in [-0.4, -0.2) is 15.9 Å². The van der Waals surface area contributed by atoms with Crippen molar-refractivity contribution in [3.63, 3.8) is 0 Å². The third kappa shape index (κ3) is 3.07. The zero-order valence-electron chi connectivity index (χ0n) is 13.9. The van der Waals surface area contributed by atoms with E-state index < -0.39 is 0 Å². The molecule has 0 spiro atoms. The molecule has 26 heavy (non-hydrogen) atoms. The van der Waals surface area contributed by atoms with Crippen molar-refractivity contribution in [3.05, 3.63) is 77.7 Å². The van der Waals surface area contributed by atoms with Crippen LogP contribution in [0.25, 0.3) is 20.9 Å². The van der Waals surface area contributed by atoms with Gasteiger partial charge in [-0.05, 0) is 55.0 Å². The van der Waals surface area contributed by atoms with Gasteiger partial charge in [-0.1, -0.05) is 23.5 Å². The lowest BCUT2D eigenvalue weighted by Crippen LogP contribution is -2.13. The Labute approximate surface area is 153 Å². The first-order valence-electron chi connectivity index (χ1n) is 8.00. The molecular formula is C20H14FN3OS. The number of aromatic nitrogens is 2. The van der Waals surface area contributed by atoms with Crippen LogP contribution in [0.15, 0.2) is 60.8 Å². The fourth-order valence-electron chi connectivity index (χ4n) is 2.68. The normalized spacial score (nSPS) is 10.8. The summed E-state index contributed by atoms with van der Waals surface area (Å²) in [5.74, 6) is -0.652. The van der Waals surface area contributed by atoms with Gasteiger partial charge in [-0.15, -0.1) is 0 Å². The SMILES string of the molecule is Cc1c(NC(=O)c2ccc(F)cc2)cccc1-c1nc2cccnc2s1. The molecule has 0 bridgehead atoms. The van der Waals surface area contributed by atoms with Crippen molar-refractivity contribution in [2.75, 3.05) is 5.32 Å². The van der Waals surface area contributed by atoms with E-state index in [2.05, 4.69) is 15.3 Å². The van der Waals surface area contributed by atoms with Gasteiger partial charge < -0.3 is 5.32 Å². The molecule has 1 amide bonds. The van der Waals surface area contributed by atoms with Gasteiger partial charge in [0.2, 0.25) is 0 Å². The van der Waals surface area contributed by atoms with Crippen molar-refractivity contribution in [1.82, 2.24) is 9.97 Å². The van der Waals surface area contributed by atoms with Gasteiger partial charge in [-0.2, -0.15) is 0 Å². The lowest BCUT2D eigenvalue weighted by atomic mass is 10.1. The molecule has 4 nitrogen and oxygen atoms in total. The first-order valence-corrected chi connectivity index (χ1v) is 8.82. The highest BCUT2D eigenvalue weighted by atomic mass is 32.1. The summed E-state index contributed by atoms with van der Waals surface area (Å²) in [5, 5.41) is 3.75. The Morgan fingerprint density at radius 2 is 1.88 bits per heavy atom. The van der Waals surface area contributed by atoms with Crippen molar-refractivity contribution in [2.24, 2.45) is 0 Å². The third-order valence-electron chi connectivity index (χ3n) is 4.09. The summed E-state index contributed by atoms with van der Waals surface area (Å²) in [6.45, 7) is 1.94. The minimum absolute atomic E-state index is 0.281. The zero-order chi connectivity index (χ0) is 18.1. The Kier molecular flexibility index (Phi) is 4.18. The summed E-state index contributed by atoms with van der Waals surface area (Å²) in [7, 11) is 0. The number of nitrogens with zero attached hydrogens (tertiary/aromatic N) is 2. The standard InChI is InChI=1S/C20H14FN3OS/c1-12-15(19-24-17-6-3-11-22-20(17)26-19)4-2-5-16(12)23-18(25)13-7-9-14(21)10-8-13/h2-11H,1H3,(H,23,25). The zero-order valence-corrected chi connectivity index (χ0v) is 14.7. The first-order chi connectivity index (χ1) is 12.6. The molecule has 0 aliphatic carbocycles. The summed E-state index contributed by atoms with van der Waals surface area (Å²) >= 11 is 1.51. The second-order valence-corrected chi connectivity index (χ2v) is 6.76. The van der Waals surface area contributed by atoms with Crippen molar-refractivity contribution in [2.45, 2.75) is 6.92 Å². The van der Waals surface area contributed by atoms with Crippen LogP contribution in [0.2, 0.25) is 0 Å². The quantitative estimate of drug-likeness (QED) is 0.554. The average molecular weight is 363 g/mol. The maximum atomic E-state index is 13.0. The van der Waals surface area contributed by atoms with Gasteiger partial charge in [0.1, 0.15) is 21.2 Å². The summed E-state index contributed by atoms with van der Waals surface area (Å²) < 4.78 is 13.0. The van der Waals surface area contributed by atoms with E-state index in [1.807, 2.05) is 37.3 Å². The summed E-state index contributed by atoms with van der Waals surface area (Å²) in [6.07, 6.45) is 1.75. The Morgan fingerprint density at radius 3 is 2.65 bits per heavy atom. The van der Waals surface area contributed by atoms with E-state index in [9.17, 15) is 9.18 Å². The van der Waals surface area contributed by atoms with Crippen LogP contribution in [0.1, 0.15) is 15.9 Å². The molecule has 0 aliphatic heterocycles. The molecule has 0 radical (unpaired) electrons. The van der Waals surface area contributed by atoms with Gasteiger partial charge in [-0.3, -0.25) is 4.79 Å². The molecular weight excluding hydrogens is 349 g/mol. The molecule has 0 unspecified atom stereocenters. The fraction of sp³-hybridized carbons (Fsp3) is 0.0500. The fourth-order valence-corrected chi connectivity index (χ4v) is 3.67. The maximum Gasteiger partial charge on any atom is 0.255 e. The lowest BCUT2D eigenvalue weighted by Gasteiger charge is -2.11. The van der Waals surface area contributed by atoms with E-state index in [1.54, 1.807) is 6.20 Å². The molecule has 0 atom stereocenters. The number of halogens is 1. The summed E-state index contributed by atoms with van der Waals surface area (Å²) in [6, 6.07) is 14.9. The maximum absolute atomic E-state index is 13.0. The minimum Gasteiger partial charge on any atom is -0.322 e. The van der Waals surface area contributed by atoms with Gasteiger partial charge in [0.05, 0.1) is 0 Å². The molecule has 1 N–H and O–H groups in total. The van der Waals surface area contributed by atoms with Crippen molar-refractivity contribution < 1.29 is 9.18 Å². The van der Waals surface area contributed by atoms with Crippen molar-refractivity contribution in [1.29, 1.82) is 0 Å². The molecule has 0 saturated heterocycles. The molecule has 6 heteroatoms. The summed E-state index contributed by atoms with van der Waals surface area (Å²) in [5.41, 5.74) is 3.82. The number of carbonyl (C=O) groups excluding carboxylic acids is 1. The van der Waals surface area contributed by atoms with E-state index in [0.29, 0.717) is 11.3 Å². The Morgan fingerprint density at radius 1 is 1.08 bits per heavy atom. The van der Waals surface area contributed by atoms with Crippen LogP contribution in [0.5, 0.6) is 0 Å². The smallest absolute Gasteiger partial charge is 0.255 e. The summed E-state index contributed by atoms with van der Waals surface area (Å²) in [4.78, 5) is 22.3. The largest absolute Gasteiger partial charge is 0.322 e. The number of benzene rings is 2. The number of anilines is 1. The number of carbonyl (C=O) groups is 1. The van der Waals surface area contributed by atoms with Gasteiger partial charge in [0.15, 0.2) is 0 Å². The highest BCUT2D eigenvalue weighted by Crippen LogP contribution is 2.33. The molecule has 0 saturated carbocycles. The van der Waals surface area contributed by atoms with Crippen molar-refractivity contribution in [3.8, 4) is 10.6 Å². The van der Waals surface area contributed by atoms with E-state index >= 15 is 0 Å². The number of thiazole rings is 1. The predicted octanol–water partition coefficient (Wildman–Crippen LogP) is 5.06. The number of hydrogen-bond acceptors (Lipinski definition) is 4. The molecule has 2 heterocycles. The number of amides is 1. The van der Waals surface area contributed by atoms with Gasteiger partial charge in [-0.25, -0.2) is 14.4 Å². The monoisotopic (exact) mass is 363 g/mol. The van der Waals surface area contributed by atoms with Gasteiger partial charge >= 0.3 is 0 Å². The second-order valence-electron chi connectivity index (χ2n) is 5.79. The van der Waals surface area contributed by atoms with Crippen LogP contribution >= 0.6 is 11.3 Å². The van der Waals surface area contributed by atoms with Gasteiger partial charge in [0, 0.05) is 23.0 Å². The van der Waals surface area contributed by atoms with Crippen LogP contribution in [-0.2, 0) is 0 Å². The number of hydrogen-bond donors (Lipinski definition) is 1. The Hall–Kier alpha value is -3.12. The topological polar surface area (TPSA) is 54.9 Å². The molecule has 0 fully saturated rings. The van der Waals surface area contributed by atoms with Crippen LogP contribution < -0.4 is 5.32 Å². The van der Waals surface area contributed by atoms with Crippen LogP contribution in [0, 0.1) is 12.7 Å². The highest BCUT2D eigenvalue weighted by Gasteiger charge is 2.13. The highest BCUT2D eigenvalue weighted by molar-refractivity contribution is 7.21. The first kappa shape index (κ1) is 16.4. The second kappa shape index (κ2) is 6.65. The van der Waals surface area contributed by atoms with Crippen molar-refractivity contribution >= 4 is 33.3 Å². The number of fused-ring (bicyclic) bond motifs is 1. The minimum atomic E-state index is -0.371. The van der Waals surface area contributed by atoms with Crippen LogP contribution in [0.3, 0.4) is 0 Å². The predicted molar refractivity (Wildman–Crippen MR) is 102 cm³/mol. The number of pyridine rings is 1. The third-order valence-corrected chi connectivity index (χ3v) is 5.10. The average Bonchev–Trinajstić information content (AvgIpc) is 3.08. The van der Waals surface area contributed by atoms with E-state index in [4.69, 9.17) is 0 Å². The number of rotatable bonds is 3. The molecule has 2 aromatic carbocycles. The Balaban J connectivity index is 1.67. The molecule has 0 aliphatic rings. The molecule has 4 aromatic rings. The number of nitrogens with one attached hydrogen (secondary N) is 1. The molecule has 4 rings (SSSR count). The lowest BCUT2D eigenvalue weighted by molar-refractivity contribution is 0.102. The van der Waals surface area contributed by atoms with E-state index in [0.717, 1.165) is 26.5 Å². The molecule has 2 aromatic heterocycles.